The van der Waals surface area contributed by atoms with Crippen LogP contribution in [-0.2, 0) is 4.79 Å². The number of rotatable bonds is 3. The predicted molar refractivity (Wildman–Crippen MR) is 68.4 cm³/mol. The van der Waals surface area contributed by atoms with E-state index >= 15 is 0 Å². The van der Waals surface area contributed by atoms with Gasteiger partial charge in [0.1, 0.15) is 17.8 Å². The largest absolute Gasteiger partial charge is 0.461 e. The summed E-state index contributed by atoms with van der Waals surface area (Å²) >= 11 is 5.83. The Morgan fingerprint density at radius 2 is 1.94 bits per heavy atom. The molecule has 1 heterocycles. The first-order chi connectivity index (χ1) is 8.11. The highest BCUT2D eigenvalue weighted by molar-refractivity contribution is 6.30. The first-order valence-electron chi connectivity index (χ1n) is 5.43. The van der Waals surface area contributed by atoms with Crippen molar-refractivity contribution in [3.63, 3.8) is 0 Å². The summed E-state index contributed by atoms with van der Waals surface area (Å²) in [6.45, 7) is 3.73. The normalized spacial score (nSPS) is 12.4. The summed E-state index contributed by atoms with van der Waals surface area (Å²) in [4.78, 5) is 10.8. The molecule has 17 heavy (non-hydrogen) atoms. The number of hydrogen-bond acceptors (Lipinski definition) is 2. The van der Waals surface area contributed by atoms with E-state index in [1.165, 1.54) is 0 Å². The highest BCUT2D eigenvalue weighted by atomic mass is 35.5. The average Bonchev–Trinajstić information content (AvgIpc) is 2.71. The van der Waals surface area contributed by atoms with Gasteiger partial charge in [0.05, 0.1) is 0 Å². The van der Waals surface area contributed by atoms with Crippen molar-refractivity contribution in [1.29, 1.82) is 0 Å². The molecule has 1 atom stereocenters. The van der Waals surface area contributed by atoms with Gasteiger partial charge >= 0.3 is 0 Å². The molecule has 0 N–H and O–H groups in total. The molecule has 0 bridgehead atoms. The summed E-state index contributed by atoms with van der Waals surface area (Å²) in [5.41, 5.74) is 1.90. The summed E-state index contributed by atoms with van der Waals surface area (Å²) in [5.74, 6) is 1.41. The molecule has 0 spiro atoms. The Morgan fingerprint density at radius 3 is 2.53 bits per heavy atom. The summed E-state index contributed by atoms with van der Waals surface area (Å²) in [5, 5.41) is 0.693. The lowest BCUT2D eigenvalue weighted by molar-refractivity contribution is -0.108. The smallest absolute Gasteiger partial charge is 0.134 e. The van der Waals surface area contributed by atoms with Crippen molar-refractivity contribution in [2.75, 3.05) is 0 Å². The Labute approximate surface area is 105 Å². The van der Waals surface area contributed by atoms with E-state index in [1.807, 2.05) is 44.2 Å². The van der Waals surface area contributed by atoms with Crippen LogP contribution in [0.25, 0.3) is 11.3 Å². The third kappa shape index (κ3) is 2.42. The van der Waals surface area contributed by atoms with E-state index in [9.17, 15) is 4.79 Å². The van der Waals surface area contributed by atoms with Crippen molar-refractivity contribution in [3.8, 4) is 11.3 Å². The number of furan rings is 1. The minimum absolute atomic E-state index is 0.139. The van der Waals surface area contributed by atoms with E-state index in [4.69, 9.17) is 16.0 Å². The monoisotopic (exact) mass is 248 g/mol. The van der Waals surface area contributed by atoms with Gasteiger partial charge in [-0.2, -0.15) is 0 Å². The van der Waals surface area contributed by atoms with E-state index in [0.29, 0.717) is 5.02 Å². The van der Waals surface area contributed by atoms with Crippen LogP contribution in [0.1, 0.15) is 24.2 Å². The van der Waals surface area contributed by atoms with Crippen LogP contribution in [0.2, 0.25) is 5.02 Å². The molecule has 0 saturated heterocycles. The number of carbonyl (C=O) groups is 1. The molecule has 0 amide bonds. The van der Waals surface area contributed by atoms with Gasteiger partial charge in [-0.15, -0.1) is 0 Å². The minimum atomic E-state index is -0.139. The van der Waals surface area contributed by atoms with Crippen molar-refractivity contribution in [1.82, 2.24) is 0 Å². The number of hydrogen-bond donors (Lipinski definition) is 0. The predicted octanol–water partition coefficient (Wildman–Crippen LogP) is 4.21. The van der Waals surface area contributed by atoms with Gasteiger partial charge in [0.25, 0.3) is 0 Å². The maximum atomic E-state index is 10.8. The Kier molecular flexibility index (Phi) is 3.34. The van der Waals surface area contributed by atoms with Crippen molar-refractivity contribution in [3.05, 3.63) is 46.7 Å². The lowest BCUT2D eigenvalue weighted by Gasteiger charge is -1.98. The summed E-state index contributed by atoms with van der Waals surface area (Å²) in [7, 11) is 0. The molecule has 0 saturated carbocycles. The van der Waals surface area contributed by atoms with Crippen molar-refractivity contribution < 1.29 is 9.21 Å². The molecule has 0 aliphatic carbocycles. The van der Waals surface area contributed by atoms with Gasteiger partial charge in [-0.25, -0.2) is 0 Å². The van der Waals surface area contributed by atoms with E-state index < -0.39 is 0 Å². The van der Waals surface area contributed by atoms with Crippen LogP contribution >= 0.6 is 11.6 Å². The molecular formula is C14H13ClO2. The third-order valence-corrected chi connectivity index (χ3v) is 3.03. The zero-order valence-corrected chi connectivity index (χ0v) is 10.5. The first kappa shape index (κ1) is 11.9. The van der Waals surface area contributed by atoms with Crippen LogP contribution in [0.15, 0.2) is 34.7 Å². The zero-order chi connectivity index (χ0) is 12.4. The number of carbonyl (C=O) groups excluding carboxylic acids is 1. The van der Waals surface area contributed by atoms with Gasteiger partial charge in [-0.05, 0) is 37.3 Å². The summed E-state index contributed by atoms with van der Waals surface area (Å²) < 4.78 is 5.66. The first-order valence-corrected chi connectivity index (χ1v) is 5.81. The fourth-order valence-electron chi connectivity index (χ4n) is 1.78. The van der Waals surface area contributed by atoms with Gasteiger partial charge in [-0.3, -0.25) is 0 Å². The zero-order valence-electron chi connectivity index (χ0n) is 9.74. The second kappa shape index (κ2) is 4.76. The number of benzene rings is 1. The Balaban J connectivity index is 2.40. The average molecular weight is 249 g/mol. The quantitative estimate of drug-likeness (QED) is 0.762. The molecule has 1 aromatic carbocycles. The lowest BCUT2D eigenvalue weighted by Crippen LogP contribution is -1.93. The molecule has 1 unspecified atom stereocenters. The van der Waals surface area contributed by atoms with Crippen LogP contribution < -0.4 is 0 Å². The van der Waals surface area contributed by atoms with Crippen molar-refractivity contribution >= 4 is 17.9 Å². The Bertz CT molecular complexity index is 526. The van der Waals surface area contributed by atoms with Gasteiger partial charge < -0.3 is 9.21 Å². The molecule has 2 nitrogen and oxygen atoms in total. The molecule has 0 radical (unpaired) electrons. The van der Waals surface area contributed by atoms with E-state index in [1.54, 1.807) is 0 Å². The standard InChI is InChI=1S/C14H13ClO2/c1-9(8-16)13-7-14(17-10(13)2)11-3-5-12(15)6-4-11/h3-9H,1-2H3. The second-order valence-electron chi connectivity index (χ2n) is 4.05. The SMILES string of the molecule is Cc1oc(-c2ccc(Cl)cc2)cc1C(C)C=O. The maximum absolute atomic E-state index is 10.8. The Morgan fingerprint density at radius 1 is 1.29 bits per heavy atom. The molecule has 2 aromatic rings. The molecule has 0 aliphatic rings. The molecule has 88 valence electrons. The van der Waals surface area contributed by atoms with Crippen LogP contribution in [0.4, 0.5) is 0 Å². The Hall–Kier alpha value is -1.54. The van der Waals surface area contributed by atoms with Gasteiger partial charge in [-0.1, -0.05) is 18.5 Å². The third-order valence-electron chi connectivity index (χ3n) is 2.78. The van der Waals surface area contributed by atoms with Crippen molar-refractivity contribution in [2.24, 2.45) is 0 Å². The topological polar surface area (TPSA) is 30.2 Å². The van der Waals surface area contributed by atoms with E-state index in [0.717, 1.165) is 28.9 Å². The second-order valence-corrected chi connectivity index (χ2v) is 4.49. The maximum Gasteiger partial charge on any atom is 0.134 e. The van der Waals surface area contributed by atoms with Crippen LogP contribution in [0.3, 0.4) is 0 Å². The molecule has 0 fully saturated rings. The molecule has 2 rings (SSSR count). The number of aldehydes is 1. The fourth-order valence-corrected chi connectivity index (χ4v) is 1.90. The van der Waals surface area contributed by atoms with Gasteiger partial charge in [0.2, 0.25) is 0 Å². The van der Waals surface area contributed by atoms with Crippen molar-refractivity contribution in [2.45, 2.75) is 19.8 Å². The molecule has 0 aliphatic heterocycles. The highest BCUT2D eigenvalue weighted by Crippen LogP contribution is 2.29. The number of aryl methyl sites for hydroxylation is 1. The van der Waals surface area contributed by atoms with Crippen LogP contribution in [0, 0.1) is 6.92 Å². The molecular weight excluding hydrogens is 236 g/mol. The van der Waals surface area contributed by atoms with E-state index in [2.05, 4.69) is 0 Å². The van der Waals surface area contributed by atoms with Crippen LogP contribution in [0.5, 0.6) is 0 Å². The molecule has 1 aromatic heterocycles. The van der Waals surface area contributed by atoms with Crippen LogP contribution in [-0.4, -0.2) is 6.29 Å². The van der Waals surface area contributed by atoms with Gasteiger partial charge in [0.15, 0.2) is 0 Å². The van der Waals surface area contributed by atoms with E-state index in [-0.39, 0.29) is 5.92 Å². The number of halogens is 1. The minimum Gasteiger partial charge on any atom is -0.461 e. The van der Waals surface area contributed by atoms with Gasteiger partial charge in [0, 0.05) is 22.1 Å². The summed E-state index contributed by atoms with van der Waals surface area (Å²) in [6.07, 6.45) is 0.920. The lowest BCUT2D eigenvalue weighted by atomic mass is 10.0. The fraction of sp³-hybridized carbons (Fsp3) is 0.214. The summed E-state index contributed by atoms with van der Waals surface area (Å²) in [6, 6.07) is 9.35. The highest BCUT2D eigenvalue weighted by Gasteiger charge is 2.14. The molecule has 3 heteroatoms.